The first-order valence-electron chi connectivity index (χ1n) is 11.1. The van der Waals surface area contributed by atoms with E-state index in [1.165, 1.54) is 11.6 Å². The Morgan fingerprint density at radius 3 is 2.87 bits per heavy atom. The molecule has 31 heavy (non-hydrogen) atoms. The Morgan fingerprint density at radius 2 is 2.10 bits per heavy atom. The quantitative estimate of drug-likeness (QED) is 0.693. The number of pyridine rings is 2. The maximum Gasteiger partial charge on any atom is 0.245 e. The third-order valence-corrected chi connectivity index (χ3v) is 5.87. The van der Waals surface area contributed by atoms with Crippen LogP contribution in [-0.2, 0) is 22.5 Å². The van der Waals surface area contributed by atoms with Crippen LogP contribution in [0.2, 0.25) is 0 Å². The second-order valence-electron chi connectivity index (χ2n) is 8.28. The summed E-state index contributed by atoms with van der Waals surface area (Å²) in [6.45, 7) is 9.55. The molecule has 4 rings (SSSR count). The van der Waals surface area contributed by atoms with Gasteiger partial charge in [0.15, 0.2) is 0 Å². The van der Waals surface area contributed by atoms with E-state index in [2.05, 4.69) is 33.9 Å². The molecule has 1 N–H and O–H groups in total. The van der Waals surface area contributed by atoms with Crippen LogP contribution in [0.4, 0.5) is 11.6 Å². The molecule has 2 aromatic rings. The zero-order chi connectivity index (χ0) is 21.5. The molecule has 2 fully saturated rings. The summed E-state index contributed by atoms with van der Waals surface area (Å²) in [7, 11) is 0. The Labute approximate surface area is 184 Å². The lowest BCUT2D eigenvalue weighted by Crippen LogP contribution is -2.39. The van der Waals surface area contributed by atoms with Gasteiger partial charge in [0.2, 0.25) is 5.91 Å². The summed E-state index contributed by atoms with van der Waals surface area (Å²) >= 11 is 0. The summed E-state index contributed by atoms with van der Waals surface area (Å²) < 4.78 is 5.49. The smallest absolute Gasteiger partial charge is 0.245 e. The van der Waals surface area contributed by atoms with Gasteiger partial charge in [0, 0.05) is 44.6 Å². The standard InChI is InChI=1S/C24H31N5O2/c1-2-24(30)29-9-5-6-19(18-29)14-21-15-20(17-28-10-12-31-13-11-28)16-23(26-21)27-22-7-3-4-8-25-22/h2-4,7-8,15-16,19H,1,5-6,9-14,17-18H2,(H,25,26,27)/t19-/m1/s1. The van der Waals surface area contributed by atoms with Gasteiger partial charge >= 0.3 is 0 Å². The average Bonchev–Trinajstić information content (AvgIpc) is 2.80. The van der Waals surface area contributed by atoms with Crippen molar-refractivity contribution in [2.45, 2.75) is 25.8 Å². The lowest BCUT2D eigenvalue weighted by molar-refractivity contribution is -0.127. The molecular weight excluding hydrogens is 390 g/mol. The molecular formula is C24H31N5O2. The van der Waals surface area contributed by atoms with Crippen LogP contribution >= 0.6 is 0 Å². The average molecular weight is 422 g/mol. The second-order valence-corrected chi connectivity index (χ2v) is 8.28. The number of hydrogen-bond acceptors (Lipinski definition) is 6. The van der Waals surface area contributed by atoms with Crippen molar-refractivity contribution in [2.75, 3.05) is 44.7 Å². The monoisotopic (exact) mass is 421 g/mol. The minimum Gasteiger partial charge on any atom is -0.379 e. The fourth-order valence-electron chi connectivity index (χ4n) is 4.35. The zero-order valence-corrected chi connectivity index (χ0v) is 18.0. The fourth-order valence-corrected chi connectivity index (χ4v) is 4.35. The minimum atomic E-state index is 0.0243. The Morgan fingerprint density at radius 1 is 1.23 bits per heavy atom. The van der Waals surface area contributed by atoms with Crippen molar-refractivity contribution in [3.63, 3.8) is 0 Å². The van der Waals surface area contributed by atoms with Gasteiger partial charge in [-0.15, -0.1) is 0 Å². The van der Waals surface area contributed by atoms with Gasteiger partial charge in [-0.05, 0) is 61.1 Å². The van der Waals surface area contributed by atoms with E-state index in [1.54, 1.807) is 6.20 Å². The third kappa shape index (κ3) is 6.12. The van der Waals surface area contributed by atoms with Crippen molar-refractivity contribution in [1.82, 2.24) is 19.8 Å². The molecule has 7 nitrogen and oxygen atoms in total. The van der Waals surface area contributed by atoms with Crippen molar-refractivity contribution in [2.24, 2.45) is 5.92 Å². The molecule has 0 spiro atoms. The molecule has 0 aromatic carbocycles. The number of nitrogens with one attached hydrogen (secondary N) is 1. The van der Waals surface area contributed by atoms with Crippen LogP contribution in [0.5, 0.6) is 0 Å². The second kappa shape index (κ2) is 10.5. The first-order chi connectivity index (χ1) is 15.2. The molecule has 0 aliphatic carbocycles. The molecule has 2 aliphatic heterocycles. The van der Waals surface area contributed by atoms with Gasteiger partial charge in [0.1, 0.15) is 11.6 Å². The molecule has 0 bridgehead atoms. The number of hydrogen-bond donors (Lipinski definition) is 1. The number of likely N-dealkylation sites (tertiary alicyclic amines) is 1. The molecule has 1 atom stereocenters. The van der Waals surface area contributed by atoms with Crippen LogP contribution in [-0.4, -0.2) is 65.1 Å². The van der Waals surface area contributed by atoms with E-state index < -0.39 is 0 Å². The van der Waals surface area contributed by atoms with E-state index in [0.29, 0.717) is 5.92 Å². The van der Waals surface area contributed by atoms with E-state index in [0.717, 1.165) is 82.5 Å². The number of amides is 1. The highest BCUT2D eigenvalue weighted by molar-refractivity contribution is 5.87. The van der Waals surface area contributed by atoms with Gasteiger partial charge < -0.3 is 15.0 Å². The lowest BCUT2D eigenvalue weighted by atomic mass is 9.92. The number of carbonyl (C=O) groups excluding carboxylic acids is 1. The Bertz CT molecular complexity index is 883. The molecule has 2 aromatic heterocycles. The summed E-state index contributed by atoms with van der Waals surface area (Å²) in [5, 5.41) is 3.35. The number of carbonyl (C=O) groups is 1. The topological polar surface area (TPSA) is 70.6 Å². The van der Waals surface area contributed by atoms with Crippen molar-refractivity contribution >= 4 is 17.5 Å². The summed E-state index contributed by atoms with van der Waals surface area (Å²) in [5.41, 5.74) is 2.29. The summed E-state index contributed by atoms with van der Waals surface area (Å²) in [5.74, 6) is 2.03. The minimum absolute atomic E-state index is 0.0243. The normalized spacial score (nSPS) is 19.7. The molecule has 2 aliphatic rings. The maximum absolute atomic E-state index is 12.1. The molecule has 0 saturated carbocycles. The van der Waals surface area contributed by atoms with Crippen LogP contribution in [0, 0.1) is 5.92 Å². The summed E-state index contributed by atoms with van der Waals surface area (Å²) in [6, 6.07) is 10.1. The number of aromatic nitrogens is 2. The van der Waals surface area contributed by atoms with Crippen LogP contribution in [0.25, 0.3) is 0 Å². The molecule has 7 heteroatoms. The number of piperidine rings is 1. The number of nitrogens with zero attached hydrogens (tertiary/aromatic N) is 4. The zero-order valence-electron chi connectivity index (χ0n) is 18.0. The highest BCUT2D eigenvalue weighted by Gasteiger charge is 2.23. The SMILES string of the molecule is C=CC(=O)N1CCC[C@H](Cc2cc(CN3CCOCC3)cc(Nc3ccccn3)n2)C1. The van der Waals surface area contributed by atoms with Crippen LogP contribution < -0.4 is 5.32 Å². The predicted molar refractivity (Wildman–Crippen MR) is 121 cm³/mol. The van der Waals surface area contributed by atoms with Crippen molar-refractivity contribution < 1.29 is 9.53 Å². The summed E-state index contributed by atoms with van der Waals surface area (Å²) in [6.07, 6.45) is 6.18. The van der Waals surface area contributed by atoms with Gasteiger partial charge in [-0.25, -0.2) is 9.97 Å². The van der Waals surface area contributed by atoms with Gasteiger partial charge in [0.05, 0.1) is 13.2 Å². The van der Waals surface area contributed by atoms with E-state index in [4.69, 9.17) is 9.72 Å². The van der Waals surface area contributed by atoms with Crippen molar-refractivity contribution in [3.8, 4) is 0 Å². The lowest BCUT2D eigenvalue weighted by Gasteiger charge is -2.32. The van der Waals surface area contributed by atoms with Gasteiger partial charge in [-0.3, -0.25) is 9.69 Å². The Balaban J connectivity index is 1.51. The number of anilines is 2. The molecule has 2 saturated heterocycles. The van der Waals surface area contributed by atoms with Crippen LogP contribution in [0.1, 0.15) is 24.1 Å². The molecule has 164 valence electrons. The van der Waals surface area contributed by atoms with Gasteiger partial charge in [0.25, 0.3) is 0 Å². The Hall–Kier alpha value is -2.77. The molecule has 4 heterocycles. The first kappa shape index (κ1) is 21.5. The van der Waals surface area contributed by atoms with E-state index >= 15 is 0 Å². The maximum atomic E-state index is 12.1. The number of rotatable bonds is 7. The van der Waals surface area contributed by atoms with Gasteiger partial charge in [-0.2, -0.15) is 0 Å². The van der Waals surface area contributed by atoms with E-state index in [-0.39, 0.29) is 5.91 Å². The van der Waals surface area contributed by atoms with Crippen LogP contribution in [0.15, 0.2) is 49.2 Å². The number of ether oxygens (including phenoxy) is 1. The largest absolute Gasteiger partial charge is 0.379 e. The highest BCUT2D eigenvalue weighted by Crippen LogP contribution is 2.23. The third-order valence-electron chi connectivity index (χ3n) is 5.87. The molecule has 1 amide bonds. The molecule has 0 radical (unpaired) electrons. The van der Waals surface area contributed by atoms with Crippen LogP contribution in [0.3, 0.4) is 0 Å². The highest BCUT2D eigenvalue weighted by atomic mass is 16.5. The van der Waals surface area contributed by atoms with E-state index in [1.807, 2.05) is 23.1 Å². The van der Waals surface area contributed by atoms with Gasteiger partial charge in [-0.1, -0.05) is 12.6 Å². The van der Waals surface area contributed by atoms with E-state index in [9.17, 15) is 4.79 Å². The van der Waals surface area contributed by atoms with Crippen molar-refractivity contribution in [1.29, 1.82) is 0 Å². The Kier molecular flexibility index (Phi) is 7.27. The first-order valence-corrected chi connectivity index (χ1v) is 11.1. The summed E-state index contributed by atoms with van der Waals surface area (Å²) in [4.78, 5) is 25.6. The fraction of sp³-hybridized carbons (Fsp3) is 0.458. The predicted octanol–water partition coefficient (Wildman–Crippen LogP) is 3.02. The molecule has 0 unspecified atom stereocenters. The van der Waals surface area contributed by atoms with Crippen molar-refractivity contribution in [3.05, 3.63) is 60.4 Å². The number of morpholine rings is 1.